The van der Waals surface area contributed by atoms with Gasteiger partial charge < -0.3 is 4.74 Å². The van der Waals surface area contributed by atoms with Crippen LogP contribution in [0.5, 0.6) is 5.75 Å². The van der Waals surface area contributed by atoms with Crippen molar-refractivity contribution in [1.29, 1.82) is 0 Å². The molecule has 0 amide bonds. The quantitative estimate of drug-likeness (QED) is 0.803. The third-order valence-electron chi connectivity index (χ3n) is 4.38. The van der Waals surface area contributed by atoms with E-state index in [9.17, 15) is 8.42 Å². The molecule has 0 spiro atoms. The molecule has 1 aliphatic rings. The maximum atomic E-state index is 11.3. The lowest BCUT2D eigenvalue weighted by molar-refractivity contribution is 0.160. The summed E-state index contributed by atoms with van der Waals surface area (Å²) in [5, 5.41) is 4.42. The highest BCUT2D eigenvalue weighted by Crippen LogP contribution is 2.26. The Kier molecular flexibility index (Phi) is 5.41. The molecule has 2 aromatic rings. The molecule has 1 atom stereocenters. The Labute approximate surface area is 148 Å². The van der Waals surface area contributed by atoms with E-state index in [2.05, 4.69) is 20.8 Å². The van der Waals surface area contributed by atoms with Crippen LogP contribution in [0.25, 0.3) is 0 Å². The van der Waals surface area contributed by atoms with Gasteiger partial charge in [-0.1, -0.05) is 18.2 Å². The number of hydrogen-bond acceptors (Lipinski definition) is 5. The van der Waals surface area contributed by atoms with Gasteiger partial charge >= 0.3 is 0 Å². The molecule has 1 N–H and O–H groups in total. The lowest BCUT2D eigenvalue weighted by Crippen LogP contribution is -2.38. The molecule has 136 valence electrons. The molecule has 2 heterocycles. The average Bonchev–Trinajstić information content (AvgIpc) is 3.03. The van der Waals surface area contributed by atoms with Gasteiger partial charge in [0.15, 0.2) is 0 Å². The smallest absolute Gasteiger partial charge is 0.208 e. The highest BCUT2D eigenvalue weighted by molar-refractivity contribution is 7.88. The summed E-state index contributed by atoms with van der Waals surface area (Å²) in [4.78, 5) is 2.35. The molecule has 0 radical (unpaired) electrons. The van der Waals surface area contributed by atoms with Gasteiger partial charge in [-0.25, -0.2) is 13.1 Å². The standard InChI is InChI=1S/C17H24N4O3S/c1-24-17-6-4-3-5-14(17)11-20-12-15-7-9-18-21(15)16(13-20)8-10-19-25(2,22)23/h3-7,9,16,19H,8,10-13H2,1-2H3/t16-/m1/s1. The molecule has 1 aromatic carbocycles. The van der Waals surface area contributed by atoms with Crippen LogP contribution in [0.3, 0.4) is 0 Å². The maximum absolute atomic E-state index is 11.3. The maximum Gasteiger partial charge on any atom is 0.208 e. The molecule has 1 aliphatic heterocycles. The van der Waals surface area contributed by atoms with Crippen LogP contribution in [0, 0.1) is 0 Å². The molecular formula is C17H24N4O3S. The van der Waals surface area contributed by atoms with Crippen LogP contribution < -0.4 is 9.46 Å². The Hall–Kier alpha value is -1.90. The first-order valence-corrected chi connectivity index (χ1v) is 10.2. The second-order valence-corrected chi connectivity index (χ2v) is 8.19. The number of ether oxygens (including phenoxy) is 1. The summed E-state index contributed by atoms with van der Waals surface area (Å²) in [6, 6.07) is 10.2. The zero-order chi connectivity index (χ0) is 17.9. The van der Waals surface area contributed by atoms with E-state index in [0.717, 1.165) is 36.6 Å². The van der Waals surface area contributed by atoms with Gasteiger partial charge in [0.1, 0.15) is 5.75 Å². The van der Waals surface area contributed by atoms with Crippen molar-refractivity contribution in [3.05, 3.63) is 47.8 Å². The van der Waals surface area contributed by atoms with Gasteiger partial charge in [-0.15, -0.1) is 0 Å². The van der Waals surface area contributed by atoms with Crippen molar-refractivity contribution >= 4 is 10.0 Å². The summed E-state index contributed by atoms with van der Waals surface area (Å²) < 4.78 is 32.6. The Morgan fingerprint density at radius 2 is 2.12 bits per heavy atom. The van der Waals surface area contributed by atoms with E-state index >= 15 is 0 Å². The number of sulfonamides is 1. The van der Waals surface area contributed by atoms with Crippen molar-refractivity contribution in [2.45, 2.75) is 25.6 Å². The van der Waals surface area contributed by atoms with E-state index < -0.39 is 10.0 Å². The number of aromatic nitrogens is 2. The average molecular weight is 364 g/mol. The largest absolute Gasteiger partial charge is 0.496 e. The predicted octanol–water partition coefficient (Wildman–Crippen LogP) is 1.39. The number of benzene rings is 1. The number of nitrogens with one attached hydrogen (secondary N) is 1. The number of methoxy groups -OCH3 is 1. The summed E-state index contributed by atoms with van der Waals surface area (Å²) in [6.07, 6.45) is 3.68. The van der Waals surface area contributed by atoms with Crippen LogP contribution in [0.4, 0.5) is 0 Å². The fraction of sp³-hybridized carbons (Fsp3) is 0.471. The molecule has 0 fully saturated rings. The van der Waals surface area contributed by atoms with Crippen LogP contribution in [0.15, 0.2) is 36.5 Å². The Morgan fingerprint density at radius 3 is 2.88 bits per heavy atom. The highest BCUT2D eigenvalue weighted by Gasteiger charge is 2.26. The molecule has 0 saturated carbocycles. The van der Waals surface area contributed by atoms with Crippen molar-refractivity contribution in [2.24, 2.45) is 0 Å². The van der Waals surface area contributed by atoms with E-state index in [1.807, 2.05) is 28.9 Å². The summed E-state index contributed by atoms with van der Waals surface area (Å²) >= 11 is 0. The fourth-order valence-corrected chi connectivity index (χ4v) is 3.77. The fourth-order valence-electron chi connectivity index (χ4n) is 3.28. The summed E-state index contributed by atoms with van der Waals surface area (Å²) in [5.74, 6) is 0.886. The molecule has 25 heavy (non-hydrogen) atoms. The van der Waals surface area contributed by atoms with Gasteiger partial charge in [0.2, 0.25) is 10.0 Å². The molecule has 7 nitrogen and oxygen atoms in total. The topological polar surface area (TPSA) is 76.5 Å². The van der Waals surface area contributed by atoms with Gasteiger partial charge in [0.25, 0.3) is 0 Å². The van der Waals surface area contributed by atoms with Crippen molar-refractivity contribution in [3.63, 3.8) is 0 Å². The molecule has 1 aromatic heterocycles. The molecule has 8 heteroatoms. The summed E-state index contributed by atoms with van der Waals surface area (Å²) in [7, 11) is -1.49. The van der Waals surface area contributed by atoms with Crippen molar-refractivity contribution in [2.75, 3.05) is 26.5 Å². The summed E-state index contributed by atoms with van der Waals surface area (Å²) in [5.41, 5.74) is 2.29. The second-order valence-electron chi connectivity index (χ2n) is 6.36. The van der Waals surface area contributed by atoms with Gasteiger partial charge in [-0.3, -0.25) is 9.58 Å². The number of hydrogen-bond donors (Lipinski definition) is 1. The normalized spacial score (nSPS) is 18.1. The molecule has 3 rings (SSSR count). The summed E-state index contributed by atoms with van der Waals surface area (Å²) in [6.45, 7) is 2.82. The van der Waals surface area contributed by atoms with E-state index in [1.54, 1.807) is 13.3 Å². The molecular weight excluding hydrogens is 340 g/mol. The molecule has 0 bridgehead atoms. The van der Waals surface area contributed by atoms with E-state index in [0.29, 0.717) is 13.0 Å². The SMILES string of the molecule is COc1ccccc1CN1Cc2ccnn2[C@H](CCNS(C)(=O)=O)C1. The van der Waals surface area contributed by atoms with Gasteiger partial charge in [0, 0.05) is 37.9 Å². The van der Waals surface area contributed by atoms with Gasteiger partial charge in [-0.2, -0.15) is 5.10 Å². The highest BCUT2D eigenvalue weighted by atomic mass is 32.2. The van der Waals surface area contributed by atoms with Crippen LogP contribution in [0.2, 0.25) is 0 Å². The number of rotatable bonds is 7. The third kappa shape index (κ3) is 4.59. The van der Waals surface area contributed by atoms with Crippen LogP contribution in [-0.2, 0) is 23.1 Å². The van der Waals surface area contributed by atoms with Crippen LogP contribution in [-0.4, -0.2) is 49.6 Å². The van der Waals surface area contributed by atoms with Crippen molar-refractivity contribution < 1.29 is 13.2 Å². The zero-order valence-corrected chi connectivity index (χ0v) is 15.4. The van der Waals surface area contributed by atoms with E-state index in [-0.39, 0.29) is 6.04 Å². The first-order chi connectivity index (χ1) is 12.0. The Bertz CT molecular complexity index is 819. The first kappa shape index (κ1) is 17.9. The van der Waals surface area contributed by atoms with Crippen molar-refractivity contribution in [3.8, 4) is 5.75 Å². The number of nitrogens with zero attached hydrogens (tertiary/aromatic N) is 3. The minimum atomic E-state index is -3.17. The third-order valence-corrected chi connectivity index (χ3v) is 5.11. The first-order valence-electron chi connectivity index (χ1n) is 8.27. The minimum absolute atomic E-state index is 0.141. The Balaban J connectivity index is 1.71. The minimum Gasteiger partial charge on any atom is -0.496 e. The van der Waals surface area contributed by atoms with Crippen LogP contribution in [0.1, 0.15) is 23.7 Å². The molecule has 0 unspecified atom stereocenters. The number of para-hydroxylation sites is 1. The lowest BCUT2D eigenvalue weighted by Gasteiger charge is -2.34. The van der Waals surface area contributed by atoms with E-state index in [1.165, 1.54) is 6.26 Å². The van der Waals surface area contributed by atoms with Crippen LogP contribution >= 0.6 is 0 Å². The van der Waals surface area contributed by atoms with E-state index in [4.69, 9.17) is 4.74 Å². The number of fused-ring (bicyclic) bond motifs is 1. The molecule has 0 saturated heterocycles. The lowest BCUT2D eigenvalue weighted by atomic mass is 10.1. The molecule has 0 aliphatic carbocycles. The monoisotopic (exact) mass is 364 g/mol. The Morgan fingerprint density at radius 1 is 1.32 bits per heavy atom. The van der Waals surface area contributed by atoms with Gasteiger partial charge in [-0.05, 0) is 18.6 Å². The van der Waals surface area contributed by atoms with Gasteiger partial charge in [0.05, 0.1) is 25.1 Å². The predicted molar refractivity (Wildman–Crippen MR) is 95.8 cm³/mol. The van der Waals surface area contributed by atoms with Crippen molar-refractivity contribution in [1.82, 2.24) is 19.4 Å². The zero-order valence-electron chi connectivity index (χ0n) is 14.6. The second kappa shape index (κ2) is 7.55.